The summed E-state index contributed by atoms with van der Waals surface area (Å²) in [6.07, 6.45) is 7.88. The summed E-state index contributed by atoms with van der Waals surface area (Å²) < 4.78 is 0. The number of carbonyl (C=O) groups excluding carboxylic acids is 2. The lowest BCUT2D eigenvalue weighted by molar-refractivity contribution is -0.128. The fraction of sp³-hybridized carbons (Fsp3) is 0.640. The van der Waals surface area contributed by atoms with Crippen LogP contribution in [0.5, 0.6) is 0 Å². The second-order valence-corrected chi connectivity index (χ2v) is 9.42. The highest BCUT2D eigenvalue weighted by molar-refractivity contribution is 5.81. The summed E-state index contributed by atoms with van der Waals surface area (Å²) in [6, 6.07) is 9.05. The summed E-state index contributed by atoms with van der Waals surface area (Å²) in [4.78, 5) is 31.2. The van der Waals surface area contributed by atoms with E-state index in [2.05, 4.69) is 41.1 Å². The summed E-state index contributed by atoms with van der Waals surface area (Å²) in [7, 11) is 0. The Labute approximate surface area is 191 Å². The maximum Gasteiger partial charge on any atom is 0.223 e. The average Bonchev–Trinajstić information content (AvgIpc) is 3.52. The van der Waals surface area contributed by atoms with E-state index in [9.17, 15) is 9.59 Å². The number of hydrogen-bond donors (Lipinski definition) is 3. The molecule has 32 heavy (non-hydrogen) atoms. The predicted octanol–water partition coefficient (Wildman–Crippen LogP) is 2.70. The van der Waals surface area contributed by atoms with Crippen molar-refractivity contribution in [3.8, 4) is 0 Å². The molecule has 2 unspecified atom stereocenters. The zero-order chi connectivity index (χ0) is 22.3. The third kappa shape index (κ3) is 6.47. The maximum absolute atomic E-state index is 12.5. The highest BCUT2D eigenvalue weighted by atomic mass is 16.2. The predicted molar refractivity (Wildman–Crippen MR) is 126 cm³/mol. The summed E-state index contributed by atoms with van der Waals surface area (Å²) in [5, 5.41) is 10.1. The van der Waals surface area contributed by atoms with Crippen LogP contribution in [0.1, 0.15) is 69.4 Å². The zero-order valence-electron chi connectivity index (χ0n) is 19.2. The molecule has 1 heterocycles. The van der Waals surface area contributed by atoms with Gasteiger partial charge in [0, 0.05) is 44.1 Å². The third-order valence-electron chi connectivity index (χ3n) is 6.61. The van der Waals surface area contributed by atoms with Crippen molar-refractivity contribution in [2.24, 2.45) is 10.9 Å². The van der Waals surface area contributed by atoms with E-state index >= 15 is 0 Å². The largest absolute Gasteiger partial charge is 0.357 e. The minimum Gasteiger partial charge on any atom is -0.357 e. The Morgan fingerprint density at radius 1 is 1.09 bits per heavy atom. The number of guanidine groups is 1. The van der Waals surface area contributed by atoms with Crippen molar-refractivity contribution < 1.29 is 9.59 Å². The Morgan fingerprint density at radius 3 is 2.69 bits per heavy atom. The second-order valence-electron chi connectivity index (χ2n) is 9.42. The molecule has 7 heteroatoms. The van der Waals surface area contributed by atoms with Gasteiger partial charge in [0.1, 0.15) is 0 Å². The van der Waals surface area contributed by atoms with E-state index in [0.717, 1.165) is 75.1 Å². The Kier molecular flexibility index (Phi) is 7.66. The van der Waals surface area contributed by atoms with Crippen LogP contribution in [0.2, 0.25) is 0 Å². The first-order valence-corrected chi connectivity index (χ1v) is 12.3. The minimum atomic E-state index is 0.106. The first kappa shape index (κ1) is 22.6. The molecule has 2 amide bonds. The number of rotatable bonds is 8. The second kappa shape index (κ2) is 10.8. The van der Waals surface area contributed by atoms with Crippen molar-refractivity contribution in [2.45, 2.75) is 83.5 Å². The van der Waals surface area contributed by atoms with Crippen molar-refractivity contribution >= 4 is 17.8 Å². The van der Waals surface area contributed by atoms with Crippen LogP contribution >= 0.6 is 0 Å². The van der Waals surface area contributed by atoms with E-state index in [-0.39, 0.29) is 23.8 Å². The van der Waals surface area contributed by atoms with E-state index < -0.39 is 0 Å². The monoisotopic (exact) mass is 439 g/mol. The number of nitrogens with zero attached hydrogens (tertiary/aromatic N) is 2. The van der Waals surface area contributed by atoms with E-state index in [0.29, 0.717) is 25.6 Å². The molecule has 174 valence electrons. The zero-order valence-corrected chi connectivity index (χ0v) is 19.2. The first-order chi connectivity index (χ1) is 15.6. The maximum atomic E-state index is 12.5. The van der Waals surface area contributed by atoms with Crippen molar-refractivity contribution in [1.82, 2.24) is 20.9 Å². The SMILES string of the molecule is CCNC(=NCc1cccc(CN2CCCC2=O)c1)NC1CCCC(C(=O)NC2CC2)C1. The van der Waals surface area contributed by atoms with Crippen LogP contribution in [0.4, 0.5) is 0 Å². The summed E-state index contributed by atoms with van der Waals surface area (Å²) >= 11 is 0. The van der Waals surface area contributed by atoms with E-state index in [1.165, 1.54) is 0 Å². The van der Waals surface area contributed by atoms with Gasteiger partial charge >= 0.3 is 0 Å². The summed E-state index contributed by atoms with van der Waals surface area (Å²) in [5.74, 6) is 1.40. The van der Waals surface area contributed by atoms with Crippen LogP contribution in [0.25, 0.3) is 0 Å². The number of hydrogen-bond acceptors (Lipinski definition) is 3. The van der Waals surface area contributed by atoms with Crippen LogP contribution in [-0.4, -0.2) is 47.8 Å². The van der Waals surface area contributed by atoms with Crippen LogP contribution in [0.3, 0.4) is 0 Å². The number of nitrogens with one attached hydrogen (secondary N) is 3. The molecule has 7 nitrogen and oxygen atoms in total. The molecule has 1 aromatic rings. The van der Waals surface area contributed by atoms with Gasteiger partial charge in [-0.2, -0.15) is 0 Å². The molecule has 1 aromatic carbocycles. The Bertz CT molecular complexity index is 835. The molecule has 0 spiro atoms. The molecular formula is C25H37N5O2. The van der Waals surface area contributed by atoms with Gasteiger partial charge in [-0.3, -0.25) is 9.59 Å². The number of amides is 2. The van der Waals surface area contributed by atoms with Gasteiger partial charge < -0.3 is 20.9 Å². The average molecular weight is 440 g/mol. The molecule has 0 radical (unpaired) electrons. The van der Waals surface area contributed by atoms with E-state index in [4.69, 9.17) is 4.99 Å². The fourth-order valence-corrected chi connectivity index (χ4v) is 4.71. The molecule has 3 fully saturated rings. The van der Waals surface area contributed by atoms with Crippen molar-refractivity contribution in [3.63, 3.8) is 0 Å². The molecule has 2 atom stereocenters. The van der Waals surface area contributed by atoms with Crippen molar-refractivity contribution in [2.75, 3.05) is 13.1 Å². The number of likely N-dealkylation sites (tertiary alicyclic amines) is 1. The number of benzene rings is 1. The van der Waals surface area contributed by atoms with Gasteiger partial charge in [-0.05, 0) is 56.6 Å². The Morgan fingerprint density at radius 2 is 1.94 bits per heavy atom. The topological polar surface area (TPSA) is 85.8 Å². The van der Waals surface area contributed by atoms with Gasteiger partial charge in [0.05, 0.1) is 6.54 Å². The molecule has 1 aliphatic heterocycles. The molecule has 2 aliphatic carbocycles. The fourth-order valence-electron chi connectivity index (χ4n) is 4.71. The smallest absolute Gasteiger partial charge is 0.223 e. The van der Waals surface area contributed by atoms with Crippen molar-refractivity contribution in [3.05, 3.63) is 35.4 Å². The quantitative estimate of drug-likeness (QED) is 0.429. The van der Waals surface area contributed by atoms with Gasteiger partial charge in [-0.25, -0.2) is 4.99 Å². The third-order valence-corrected chi connectivity index (χ3v) is 6.61. The Balaban J connectivity index is 1.33. The normalized spacial score (nSPS) is 23.8. The number of aliphatic imine (C=N–C) groups is 1. The van der Waals surface area contributed by atoms with Gasteiger partial charge in [-0.1, -0.05) is 30.7 Å². The minimum absolute atomic E-state index is 0.106. The molecule has 3 N–H and O–H groups in total. The highest BCUT2D eigenvalue weighted by Crippen LogP contribution is 2.26. The standard InChI is InChI=1S/C25H37N5O2/c1-2-26-25(29-22-9-4-8-20(15-22)24(32)28-21-11-12-21)27-16-18-6-3-7-19(14-18)17-30-13-5-10-23(30)31/h3,6-7,14,20-22H,2,4-5,8-13,15-17H2,1H3,(H,28,32)(H2,26,27,29). The van der Waals surface area contributed by atoms with Gasteiger partial charge in [0.15, 0.2) is 5.96 Å². The van der Waals surface area contributed by atoms with Gasteiger partial charge in [0.2, 0.25) is 11.8 Å². The highest BCUT2D eigenvalue weighted by Gasteiger charge is 2.31. The molecule has 2 saturated carbocycles. The molecule has 1 saturated heterocycles. The molecule has 0 aromatic heterocycles. The molecule has 3 aliphatic rings. The van der Waals surface area contributed by atoms with Crippen molar-refractivity contribution in [1.29, 1.82) is 0 Å². The lowest BCUT2D eigenvalue weighted by atomic mass is 9.85. The summed E-state index contributed by atoms with van der Waals surface area (Å²) in [5.41, 5.74) is 2.29. The van der Waals surface area contributed by atoms with Crippen LogP contribution in [-0.2, 0) is 22.7 Å². The number of carbonyl (C=O) groups is 2. The van der Waals surface area contributed by atoms with E-state index in [1.807, 2.05) is 11.0 Å². The van der Waals surface area contributed by atoms with Crippen LogP contribution < -0.4 is 16.0 Å². The van der Waals surface area contributed by atoms with Crippen LogP contribution in [0.15, 0.2) is 29.3 Å². The molecular weight excluding hydrogens is 402 g/mol. The first-order valence-electron chi connectivity index (χ1n) is 12.3. The summed E-state index contributed by atoms with van der Waals surface area (Å²) in [6.45, 7) is 4.98. The van der Waals surface area contributed by atoms with Gasteiger partial charge in [0.25, 0.3) is 0 Å². The van der Waals surface area contributed by atoms with Gasteiger partial charge in [-0.15, -0.1) is 0 Å². The lowest BCUT2D eigenvalue weighted by Crippen LogP contribution is -2.47. The van der Waals surface area contributed by atoms with Crippen LogP contribution in [0, 0.1) is 5.92 Å². The molecule has 4 rings (SSSR count). The lowest BCUT2D eigenvalue weighted by Gasteiger charge is -2.30. The van der Waals surface area contributed by atoms with E-state index in [1.54, 1.807) is 0 Å². The molecule has 0 bridgehead atoms. The Hall–Kier alpha value is -2.57.